The third kappa shape index (κ3) is 3.00. The predicted octanol–water partition coefficient (Wildman–Crippen LogP) is 2.94. The van der Waals surface area contributed by atoms with Crippen LogP contribution in [-0.2, 0) is 13.6 Å². The molecule has 2 heterocycles. The Hall–Kier alpha value is -3.76. The van der Waals surface area contributed by atoms with Crippen LogP contribution < -0.4 is 11.3 Å². The number of nitrogens with zero attached hydrogens (tertiary/aromatic N) is 4. The minimum Gasteiger partial charge on any atom is -0.325 e. The molecule has 3 N–H and O–H groups in total. The highest BCUT2D eigenvalue weighted by molar-refractivity contribution is 5.91. The Labute approximate surface area is 167 Å². The van der Waals surface area contributed by atoms with Crippen molar-refractivity contribution in [1.82, 2.24) is 20.0 Å². The summed E-state index contributed by atoms with van der Waals surface area (Å²) < 4.78 is 1.77. The van der Waals surface area contributed by atoms with E-state index < -0.39 is 0 Å². The number of benzene rings is 2. The SMILES string of the molecule is Cc1cc(C#N)c(-c2c(-c3ccc4c(=O)[nH]nc(CN)c4c3)cnn2C)cc1C. The summed E-state index contributed by atoms with van der Waals surface area (Å²) in [5, 5.41) is 21.9. The van der Waals surface area contributed by atoms with E-state index >= 15 is 0 Å². The number of aryl methyl sites for hydroxylation is 3. The molecule has 0 amide bonds. The highest BCUT2D eigenvalue weighted by Crippen LogP contribution is 2.35. The molecule has 0 saturated carbocycles. The summed E-state index contributed by atoms with van der Waals surface area (Å²) in [7, 11) is 1.85. The van der Waals surface area contributed by atoms with Crippen molar-refractivity contribution in [2.75, 3.05) is 0 Å². The lowest BCUT2D eigenvalue weighted by atomic mass is 9.94. The van der Waals surface area contributed by atoms with Crippen LogP contribution in [0.15, 0.2) is 41.3 Å². The van der Waals surface area contributed by atoms with Gasteiger partial charge in [-0.1, -0.05) is 6.07 Å². The number of nitrogens with one attached hydrogen (secondary N) is 1. The number of hydrogen-bond donors (Lipinski definition) is 2. The van der Waals surface area contributed by atoms with Gasteiger partial charge >= 0.3 is 0 Å². The molecule has 0 aliphatic carbocycles. The van der Waals surface area contributed by atoms with Crippen LogP contribution in [0.25, 0.3) is 33.2 Å². The van der Waals surface area contributed by atoms with Gasteiger partial charge in [0, 0.05) is 30.1 Å². The van der Waals surface area contributed by atoms with E-state index in [1.54, 1.807) is 16.9 Å². The van der Waals surface area contributed by atoms with Gasteiger partial charge in [-0.15, -0.1) is 0 Å². The molecule has 4 rings (SSSR count). The van der Waals surface area contributed by atoms with Gasteiger partial charge in [0.1, 0.15) is 0 Å². The Morgan fingerprint density at radius 1 is 1.14 bits per heavy atom. The van der Waals surface area contributed by atoms with Crippen LogP contribution in [0.4, 0.5) is 0 Å². The van der Waals surface area contributed by atoms with Gasteiger partial charge in [-0.3, -0.25) is 9.48 Å². The van der Waals surface area contributed by atoms with Crippen molar-refractivity contribution in [3.05, 3.63) is 69.3 Å². The Kier molecular flexibility index (Phi) is 4.49. The number of H-pyrrole nitrogens is 1. The Morgan fingerprint density at radius 2 is 1.90 bits per heavy atom. The van der Waals surface area contributed by atoms with Gasteiger partial charge in [0.2, 0.25) is 0 Å². The Bertz CT molecular complexity index is 1360. The lowest BCUT2D eigenvalue weighted by Crippen LogP contribution is -2.13. The second-order valence-electron chi connectivity index (χ2n) is 7.09. The number of hydrogen-bond acceptors (Lipinski definition) is 5. The van der Waals surface area contributed by atoms with Gasteiger partial charge in [0.05, 0.1) is 34.6 Å². The molecule has 4 aromatic rings. The molecule has 29 heavy (non-hydrogen) atoms. The molecule has 0 radical (unpaired) electrons. The molecule has 0 aliphatic rings. The maximum absolute atomic E-state index is 12.1. The molecule has 0 atom stereocenters. The lowest BCUT2D eigenvalue weighted by molar-refractivity contribution is 0.775. The number of fused-ring (bicyclic) bond motifs is 1. The van der Waals surface area contributed by atoms with Crippen molar-refractivity contribution >= 4 is 10.8 Å². The molecule has 0 bridgehead atoms. The standard InChI is InChI=1S/C22H20N6O/c1-12-6-15(9-23)17(7-13(12)2)21-19(11-25-28(21)3)14-4-5-16-18(8-14)20(10-24)26-27-22(16)29/h4-8,11H,10,24H2,1-3H3,(H,27,29). The minimum absolute atomic E-state index is 0.215. The number of rotatable bonds is 3. The van der Waals surface area contributed by atoms with Crippen molar-refractivity contribution in [2.24, 2.45) is 12.8 Å². The molecular formula is C22H20N6O. The fraction of sp³-hybridized carbons (Fsp3) is 0.182. The normalized spacial score (nSPS) is 11.0. The van der Waals surface area contributed by atoms with Crippen LogP contribution in [0.2, 0.25) is 0 Å². The van der Waals surface area contributed by atoms with Gasteiger partial charge in [-0.25, -0.2) is 5.10 Å². The molecule has 7 nitrogen and oxygen atoms in total. The van der Waals surface area contributed by atoms with Crippen LogP contribution in [0, 0.1) is 25.2 Å². The van der Waals surface area contributed by atoms with Crippen molar-refractivity contribution in [1.29, 1.82) is 5.26 Å². The van der Waals surface area contributed by atoms with Gasteiger partial charge in [-0.05, 0) is 54.8 Å². The predicted molar refractivity (Wildman–Crippen MR) is 112 cm³/mol. The van der Waals surface area contributed by atoms with Crippen molar-refractivity contribution in [2.45, 2.75) is 20.4 Å². The number of nitriles is 1. The van der Waals surface area contributed by atoms with Crippen LogP contribution in [0.3, 0.4) is 0 Å². The van der Waals surface area contributed by atoms with E-state index in [0.717, 1.165) is 33.5 Å². The quantitative estimate of drug-likeness (QED) is 0.564. The molecule has 7 heteroatoms. The average Bonchev–Trinajstić information content (AvgIpc) is 3.11. The highest BCUT2D eigenvalue weighted by Gasteiger charge is 2.18. The summed E-state index contributed by atoms with van der Waals surface area (Å²) in [6, 6.07) is 11.8. The zero-order chi connectivity index (χ0) is 20.7. The molecular weight excluding hydrogens is 364 g/mol. The van der Waals surface area contributed by atoms with E-state index in [1.807, 2.05) is 45.2 Å². The number of aromatic nitrogens is 4. The third-order valence-electron chi connectivity index (χ3n) is 5.32. The molecule has 0 unspecified atom stereocenters. The number of aromatic amines is 1. The van der Waals surface area contributed by atoms with Crippen molar-refractivity contribution in [3.8, 4) is 28.5 Å². The van der Waals surface area contributed by atoms with Gasteiger partial charge < -0.3 is 5.73 Å². The Balaban J connectivity index is 2.00. The molecule has 2 aromatic heterocycles. The summed E-state index contributed by atoms with van der Waals surface area (Å²) in [6.07, 6.45) is 1.77. The third-order valence-corrected chi connectivity index (χ3v) is 5.32. The van der Waals surface area contributed by atoms with E-state index in [2.05, 4.69) is 21.4 Å². The van der Waals surface area contributed by atoms with Crippen LogP contribution in [0.5, 0.6) is 0 Å². The lowest BCUT2D eigenvalue weighted by Gasteiger charge is -2.12. The first-order chi connectivity index (χ1) is 13.9. The van der Waals surface area contributed by atoms with Crippen molar-refractivity contribution in [3.63, 3.8) is 0 Å². The summed E-state index contributed by atoms with van der Waals surface area (Å²) in [6.45, 7) is 4.23. The van der Waals surface area contributed by atoms with E-state index in [9.17, 15) is 10.1 Å². The summed E-state index contributed by atoms with van der Waals surface area (Å²) >= 11 is 0. The van der Waals surface area contributed by atoms with Gasteiger partial charge in [0.25, 0.3) is 5.56 Å². The zero-order valence-electron chi connectivity index (χ0n) is 16.4. The molecule has 0 saturated heterocycles. The van der Waals surface area contributed by atoms with E-state index in [0.29, 0.717) is 22.0 Å². The first-order valence-electron chi connectivity index (χ1n) is 9.20. The van der Waals surface area contributed by atoms with Crippen LogP contribution in [-0.4, -0.2) is 20.0 Å². The van der Waals surface area contributed by atoms with Crippen LogP contribution >= 0.6 is 0 Å². The summed E-state index contributed by atoms with van der Waals surface area (Å²) in [5.41, 5.74) is 12.4. The summed E-state index contributed by atoms with van der Waals surface area (Å²) in [5.74, 6) is 0. The van der Waals surface area contributed by atoms with Gasteiger partial charge in [-0.2, -0.15) is 15.5 Å². The Morgan fingerprint density at radius 3 is 2.62 bits per heavy atom. The molecule has 144 valence electrons. The maximum Gasteiger partial charge on any atom is 0.272 e. The molecule has 0 fully saturated rings. The fourth-order valence-electron chi connectivity index (χ4n) is 3.62. The fourth-order valence-corrected chi connectivity index (χ4v) is 3.62. The minimum atomic E-state index is -0.254. The number of nitrogens with two attached hydrogens (primary N) is 1. The van der Waals surface area contributed by atoms with Gasteiger partial charge in [0.15, 0.2) is 0 Å². The molecule has 2 aromatic carbocycles. The zero-order valence-corrected chi connectivity index (χ0v) is 16.4. The van der Waals surface area contributed by atoms with Crippen molar-refractivity contribution < 1.29 is 0 Å². The second-order valence-corrected chi connectivity index (χ2v) is 7.09. The monoisotopic (exact) mass is 384 g/mol. The maximum atomic E-state index is 12.1. The highest BCUT2D eigenvalue weighted by atomic mass is 16.1. The largest absolute Gasteiger partial charge is 0.325 e. The average molecular weight is 384 g/mol. The molecule has 0 spiro atoms. The topological polar surface area (TPSA) is 113 Å². The first-order valence-corrected chi connectivity index (χ1v) is 9.20. The second kappa shape index (κ2) is 7.00. The summed E-state index contributed by atoms with van der Waals surface area (Å²) in [4.78, 5) is 12.1. The van der Waals surface area contributed by atoms with E-state index in [4.69, 9.17) is 5.73 Å². The first kappa shape index (κ1) is 18.6. The van der Waals surface area contributed by atoms with E-state index in [-0.39, 0.29) is 12.1 Å². The smallest absolute Gasteiger partial charge is 0.272 e. The van der Waals surface area contributed by atoms with Crippen LogP contribution in [0.1, 0.15) is 22.4 Å². The van der Waals surface area contributed by atoms with E-state index in [1.165, 1.54) is 0 Å². The molecule has 0 aliphatic heterocycles.